The molecule has 0 fully saturated rings. The number of rotatable bonds is 6. The van der Waals surface area contributed by atoms with Gasteiger partial charge in [0.1, 0.15) is 5.75 Å². The molecule has 0 bridgehead atoms. The third-order valence-electron chi connectivity index (χ3n) is 3.67. The van der Waals surface area contributed by atoms with E-state index in [4.69, 9.17) is 4.74 Å². The largest absolute Gasteiger partial charge is 0.496 e. The number of hydrogen-bond donors (Lipinski definition) is 1. The van der Waals surface area contributed by atoms with Crippen LogP contribution in [0.3, 0.4) is 0 Å². The summed E-state index contributed by atoms with van der Waals surface area (Å²) < 4.78 is 5.57. The van der Waals surface area contributed by atoms with E-state index in [1.54, 1.807) is 7.11 Å². The molecule has 1 atom stereocenters. The summed E-state index contributed by atoms with van der Waals surface area (Å²) in [6, 6.07) is 15.2. The van der Waals surface area contributed by atoms with E-state index in [-0.39, 0.29) is 6.04 Å². The fourth-order valence-electron chi connectivity index (χ4n) is 2.63. The summed E-state index contributed by atoms with van der Waals surface area (Å²) in [6.07, 6.45) is 1.11. The van der Waals surface area contributed by atoms with Crippen LogP contribution in [0, 0.1) is 13.8 Å². The van der Waals surface area contributed by atoms with E-state index in [0.717, 1.165) is 18.7 Å². The quantitative estimate of drug-likeness (QED) is 0.848. The molecule has 0 aliphatic rings. The van der Waals surface area contributed by atoms with Crippen LogP contribution in [0.4, 0.5) is 0 Å². The highest BCUT2D eigenvalue weighted by Crippen LogP contribution is 2.31. The van der Waals surface area contributed by atoms with Crippen LogP contribution >= 0.6 is 0 Å². The maximum Gasteiger partial charge on any atom is 0.123 e. The van der Waals surface area contributed by atoms with Crippen molar-refractivity contribution in [1.82, 2.24) is 5.32 Å². The van der Waals surface area contributed by atoms with E-state index >= 15 is 0 Å². The summed E-state index contributed by atoms with van der Waals surface area (Å²) in [4.78, 5) is 0. The minimum absolute atomic E-state index is 0.166. The van der Waals surface area contributed by atoms with Crippen molar-refractivity contribution >= 4 is 0 Å². The second-order valence-electron chi connectivity index (χ2n) is 5.55. The van der Waals surface area contributed by atoms with Gasteiger partial charge in [-0.25, -0.2) is 0 Å². The van der Waals surface area contributed by atoms with E-state index in [9.17, 15) is 0 Å². The smallest absolute Gasteiger partial charge is 0.123 e. The first kappa shape index (κ1) is 15.6. The van der Waals surface area contributed by atoms with Gasteiger partial charge < -0.3 is 10.1 Å². The Balaban J connectivity index is 2.47. The summed E-state index contributed by atoms with van der Waals surface area (Å²) in [7, 11) is 1.74. The van der Waals surface area contributed by atoms with Gasteiger partial charge >= 0.3 is 0 Å². The molecule has 0 saturated heterocycles. The van der Waals surface area contributed by atoms with E-state index in [1.165, 1.54) is 22.3 Å². The molecular weight excluding hydrogens is 258 g/mol. The van der Waals surface area contributed by atoms with Crippen LogP contribution < -0.4 is 10.1 Å². The fraction of sp³-hybridized carbons (Fsp3) is 0.368. The first-order valence-corrected chi connectivity index (χ1v) is 7.60. The summed E-state index contributed by atoms with van der Waals surface area (Å²) >= 11 is 0. The average molecular weight is 283 g/mol. The molecule has 1 unspecified atom stereocenters. The van der Waals surface area contributed by atoms with E-state index in [2.05, 4.69) is 68.6 Å². The molecule has 1 N–H and O–H groups in total. The van der Waals surface area contributed by atoms with Crippen molar-refractivity contribution in [3.63, 3.8) is 0 Å². The summed E-state index contributed by atoms with van der Waals surface area (Å²) in [5.41, 5.74) is 5.02. The molecule has 2 aromatic rings. The number of methoxy groups -OCH3 is 1. The molecule has 2 nitrogen and oxygen atoms in total. The topological polar surface area (TPSA) is 21.3 Å². The number of aryl methyl sites for hydroxylation is 2. The molecule has 0 heterocycles. The SMILES string of the molecule is CCCNC(c1cccc(C)c1)c1cc(C)ccc1OC. The number of ether oxygens (including phenoxy) is 1. The van der Waals surface area contributed by atoms with Crippen molar-refractivity contribution in [3.8, 4) is 5.75 Å². The molecule has 2 heteroatoms. The predicted molar refractivity (Wildman–Crippen MR) is 89.0 cm³/mol. The molecule has 0 spiro atoms. The predicted octanol–water partition coefficient (Wildman–Crippen LogP) is 4.40. The summed E-state index contributed by atoms with van der Waals surface area (Å²) in [6.45, 7) is 7.42. The second kappa shape index (κ2) is 7.28. The van der Waals surface area contributed by atoms with Crippen molar-refractivity contribution in [2.45, 2.75) is 33.2 Å². The Morgan fingerprint density at radius 2 is 1.81 bits per heavy atom. The molecule has 21 heavy (non-hydrogen) atoms. The van der Waals surface area contributed by atoms with Gasteiger partial charge in [-0.2, -0.15) is 0 Å². The molecule has 112 valence electrons. The van der Waals surface area contributed by atoms with Gasteiger partial charge in [0.15, 0.2) is 0 Å². The van der Waals surface area contributed by atoms with Crippen LogP contribution in [-0.4, -0.2) is 13.7 Å². The number of nitrogens with one attached hydrogen (secondary N) is 1. The summed E-state index contributed by atoms with van der Waals surface area (Å²) in [5.74, 6) is 0.940. The van der Waals surface area contributed by atoms with Gasteiger partial charge in [-0.3, -0.25) is 0 Å². The van der Waals surface area contributed by atoms with Crippen molar-refractivity contribution in [2.75, 3.05) is 13.7 Å². The fourth-order valence-corrected chi connectivity index (χ4v) is 2.63. The van der Waals surface area contributed by atoms with Crippen LogP contribution in [0.1, 0.15) is 41.6 Å². The first-order chi connectivity index (χ1) is 10.2. The number of benzene rings is 2. The lowest BCUT2D eigenvalue weighted by atomic mass is 9.95. The number of hydrogen-bond acceptors (Lipinski definition) is 2. The molecule has 0 amide bonds. The molecular formula is C19H25NO. The van der Waals surface area contributed by atoms with Crippen LogP contribution in [0.15, 0.2) is 42.5 Å². The van der Waals surface area contributed by atoms with E-state index in [0.29, 0.717) is 0 Å². The lowest BCUT2D eigenvalue weighted by molar-refractivity contribution is 0.403. The minimum atomic E-state index is 0.166. The molecule has 0 aliphatic heterocycles. The zero-order valence-electron chi connectivity index (χ0n) is 13.4. The molecule has 0 radical (unpaired) electrons. The van der Waals surface area contributed by atoms with Crippen molar-refractivity contribution in [1.29, 1.82) is 0 Å². The normalized spacial score (nSPS) is 12.2. The zero-order chi connectivity index (χ0) is 15.2. The highest BCUT2D eigenvalue weighted by Gasteiger charge is 2.18. The highest BCUT2D eigenvalue weighted by molar-refractivity contribution is 5.44. The maximum atomic E-state index is 5.57. The Labute approximate surface area is 128 Å². The first-order valence-electron chi connectivity index (χ1n) is 7.60. The maximum absolute atomic E-state index is 5.57. The van der Waals surface area contributed by atoms with Crippen LogP contribution in [0.25, 0.3) is 0 Å². The van der Waals surface area contributed by atoms with Gasteiger partial charge in [0.05, 0.1) is 13.2 Å². The Hall–Kier alpha value is -1.80. The van der Waals surface area contributed by atoms with Crippen LogP contribution in [-0.2, 0) is 0 Å². The van der Waals surface area contributed by atoms with Gasteiger partial charge in [0, 0.05) is 5.56 Å². The summed E-state index contributed by atoms with van der Waals surface area (Å²) in [5, 5.41) is 3.65. The van der Waals surface area contributed by atoms with Gasteiger partial charge in [0.2, 0.25) is 0 Å². The van der Waals surface area contributed by atoms with Crippen molar-refractivity contribution in [2.24, 2.45) is 0 Å². The lowest BCUT2D eigenvalue weighted by Gasteiger charge is -2.22. The molecule has 0 saturated carbocycles. The van der Waals surface area contributed by atoms with Crippen LogP contribution in [0.2, 0.25) is 0 Å². The van der Waals surface area contributed by atoms with E-state index in [1.807, 2.05) is 0 Å². The molecule has 2 aromatic carbocycles. The molecule has 0 aromatic heterocycles. The van der Waals surface area contributed by atoms with Gasteiger partial charge in [-0.05, 0) is 38.4 Å². The average Bonchev–Trinajstić information content (AvgIpc) is 2.48. The zero-order valence-corrected chi connectivity index (χ0v) is 13.4. The Bertz CT molecular complexity index is 592. The van der Waals surface area contributed by atoms with Gasteiger partial charge in [0.25, 0.3) is 0 Å². The third-order valence-corrected chi connectivity index (χ3v) is 3.67. The second-order valence-corrected chi connectivity index (χ2v) is 5.55. The third kappa shape index (κ3) is 3.85. The highest BCUT2D eigenvalue weighted by atomic mass is 16.5. The Kier molecular flexibility index (Phi) is 5.40. The van der Waals surface area contributed by atoms with Crippen molar-refractivity contribution < 1.29 is 4.74 Å². The molecule has 0 aliphatic carbocycles. The Morgan fingerprint density at radius 3 is 2.48 bits per heavy atom. The monoisotopic (exact) mass is 283 g/mol. The Morgan fingerprint density at radius 1 is 1.05 bits per heavy atom. The van der Waals surface area contributed by atoms with Crippen LogP contribution in [0.5, 0.6) is 5.75 Å². The van der Waals surface area contributed by atoms with E-state index < -0.39 is 0 Å². The minimum Gasteiger partial charge on any atom is -0.496 e. The van der Waals surface area contributed by atoms with Gasteiger partial charge in [-0.15, -0.1) is 0 Å². The standard InChI is InChI=1S/C19H25NO/c1-5-11-20-19(16-8-6-7-14(2)12-16)17-13-15(3)9-10-18(17)21-4/h6-10,12-13,19-20H,5,11H2,1-4H3. The lowest BCUT2D eigenvalue weighted by Crippen LogP contribution is -2.24. The molecule has 2 rings (SSSR count). The van der Waals surface area contributed by atoms with Crippen molar-refractivity contribution in [3.05, 3.63) is 64.7 Å². The van der Waals surface area contributed by atoms with Gasteiger partial charge in [-0.1, -0.05) is 54.4 Å².